The van der Waals surface area contributed by atoms with Crippen LogP contribution in [0.25, 0.3) is 0 Å². The summed E-state index contributed by atoms with van der Waals surface area (Å²) >= 11 is 0. The molecule has 0 atom stereocenters. The van der Waals surface area contributed by atoms with Gasteiger partial charge in [0.1, 0.15) is 26.4 Å². The van der Waals surface area contributed by atoms with E-state index in [1.807, 2.05) is 9.80 Å². The predicted octanol–water partition coefficient (Wildman–Crippen LogP) is 1.48. The second-order valence-corrected chi connectivity index (χ2v) is 9.46. The van der Waals surface area contributed by atoms with Gasteiger partial charge in [-0.1, -0.05) is 0 Å². The first kappa shape index (κ1) is 27.8. The molecule has 12 heteroatoms. The highest BCUT2D eigenvalue weighted by Crippen LogP contribution is 2.12. The van der Waals surface area contributed by atoms with Gasteiger partial charge in [-0.15, -0.1) is 0 Å². The molecule has 4 heterocycles. The van der Waals surface area contributed by atoms with Crippen LogP contribution < -0.4 is 0 Å². The van der Waals surface area contributed by atoms with Gasteiger partial charge in [0.15, 0.2) is 23.6 Å². The van der Waals surface area contributed by atoms with Crippen molar-refractivity contribution in [3.05, 3.63) is 0 Å². The van der Waals surface area contributed by atoms with Gasteiger partial charge < -0.3 is 28.7 Å². The zero-order chi connectivity index (χ0) is 26.4. The van der Waals surface area contributed by atoms with Crippen molar-refractivity contribution in [3.8, 4) is 0 Å². The lowest BCUT2D eigenvalue weighted by Gasteiger charge is -2.23. The van der Waals surface area contributed by atoms with Crippen molar-refractivity contribution in [2.75, 3.05) is 78.8 Å². The van der Waals surface area contributed by atoms with E-state index in [0.717, 1.165) is 0 Å². The highest BCUT2D eigenvalue weighted by atomic mass is 16.5. The van der Waals surface area contributed by atoms with Crippen molar-refractivity contribution in [1.29, 1.82) is 0 Å². The summed E-state index contributed by atoms with van der Waals surface area (Å²) in [5, 5.41) is 0. The summed E-state index contributed by atoms with van der Waals surface area (Å²) in [6, 6.07) is 0. The quantitative estimate of drug-likeness (QED) is 0.261. The Morgan fingerprint density at radius 3 is 1.05 bits per heavy atom. The second-order valence-electron chi connectivity index (χ2n) is 9.46. The van der Waals surface area contributed by atoms with Crippen LogP contribution in [0.1, 0.15) is 51.4 Å². The fraction of sp³-hybridized carbons (Fsp3) is 0.769. The van der Waals surface area contributed by atoms with E-state index in [1.165, 1.54) is 0 Å². The molecule has 4 rings (SSSR count). The number of nitrogens with zero attached hydrogens (tertiary/aromatic N) is 6. The van der Waals surface area contributed by atoms with Crippen molar-refractivity contribution in [2.45, 2.75) is 51.4 Å². The highest BCUT2D eigenvalue weighted by Gasteiger charge is 2.20. The van der Waals surface area contributed by atoms with Gasteiger partial charge in [0.2, 0.25) is 11.8 Å². The fourth-order valence-electron chi connectivity index (χ4n) is 4.64. The summed E-state index contributed by atoms with van der Waals surface area (Å²) < 4.78 is 22.0. The molecule has 0 spiro atoms. The van der Waals surface area contributed by atoms with E-state index >= 15 is 0 Å². The number of carbonyl (C=O) groups is 2. The van der Waals surface area contributed by atoms with Crippen LogP contribution in [0.15, 0.2) is 20.0 Å². The Morgan fingerprint density at radius 1 is 0.526 bits per heavy atom. The fourth-order valence-corrected chi connectivity index (χ4v) is 4.64. The minimum Gasteiger partial charge on any atom is -0.479 e. The van der Waals surface area contributed by atoms with Crippen LogP contribution in [0.2, 0.25) is 0 Å². The summed E-state index contributed by atoms with van der Waals surface area (Å²) in [7, 11) is 0. The number of unbranched alkanes of at least 4 members (excludes halogenated alkanes) is 1. The number of hydrogen-bond donors (Lipinski definition) is 0. The Kier molecular flexibility index (Phi) is 11.2. The average Bonchev–Trinajstić information content (AvgIpc) is 3.75. The molecule has 0 bridgehead atoms. The van der Waals surface area contributed by atoms with Crippen molar-refractivity contribution in [1.82, 2.24) is 9.80 Å². The third kappa shape index (κ3) is 9.29. The number of amides is 2. The molecule has 210 valence electrons. The molecule has 4 aliphatic rings. The van der Waals surface area contributed by atoms with E-state index in [9.17, 15) is 9.59 Å². The maximum Gasteiger partial charge on any atom is 0.222 e. The first-order valence-corrected chi connectivity index (χ1v) is 13.9. The van der Waals surface area contributed by atoms with E-state index < -0.39 is 0 Å². The molecular formula is C26H40N6O6. The normalized spacial score (nSPS) is 18.0. The molecule has 0 N–H and O–H groups in total. The lowest BCUT2D eigenvalue weighted by Crippen LogP contribution is -2.35. The Morgan fingerprint density at radius 2 is 0.816 bits per heavy atom. The number of aliphatic imine (C=N–C) groups is 4. The number of ether oxygens (including phenoxy) is 4. The molecule has 0 aromatic heterocycles. The highest BCUT2D eigenvalue weighted by molar-refractivity contribution is 5.82. The molecule has 0 aliphatic carbocycles. The van der Waals surface area contributed by atoms with E-state index in [4.69, 9.17) is 18.9 Å². The third-order valence-corrected chi connectivity index (χ3v) is 6.71. The van der Waals surface area contributed by atoms with Crippen molar-refractivity contribution in [3.63, 3.8) is 0 Å². The van der Waals surface area contributed by atoms with E-state index in [-0.39, 0.29) is 11.8 Å². The number of hydrogen-bond acceptors (Lipinski definition) is 10. The van der Waals surface area contributed by atoms with Crippen LogP contribution in [-0.4, -0.2) is 124 Å². The Labute approximate surface area is 224 Å². The molecule has 0 radical (unpaired) electrons. The van der Waals surface area contributed by atoms with Crippen molar-refractivity contribution < 1.29 is 28.5 Å². The van der Waals surface area contributed by atoms with Crippen molar-refractivity contribution >= 4 is 35.4 Å². The minimum atomic E-state index is 0.0688. The van der Waals surface area contributed by atoms with Crippen LogP contribution in [0.3, 0.4) is 0 Å². The monoisotopic (exact) mass is 532 g/mol. The van der Waals surface area contributed by atoms with Crippen molar-refractivity contribution in [2.24, 2.45) is 20.0 Å². The van der Waals surface area contributed by atoms with E-state index in [2.05, 4.69) is 20.0 Å². The van der Waals surface area contributed by atoms with Gasteiger partial charge in [-0.3, -0.25) is 29.6 Å². The molecule has 0 saturated carbocycles. The first-order valence-electron chi connectivity index (χ1n) is 13.9. The van der Waals surface area contributed by atoms with Crippen LogP contribution in [0.5, 0.6) is 0 Å². The number of rotatable bonds is 17. The van der Waals surface area contributed by atoms with Crippen LogP contribution in [0, 0.1) is 0 Å². The topological polar surface area (TPSA) is 127 Å². The van der Waals surface area contributed by atoms with Gasteiger partial charge in [0, 0.05) is 64.7 Å². The molecule has 0 aromatic carbocycles. The molecule has 0 fully saturated rings. The molecule has 0 aromatic rings. The zero-order valence-corrected chi connectivity index (χ0v) is 22.3. The minimum absolute atomic E-state index is 0.0688. The summed E-state index contributed by atoms with van der Waals surface area (Å²) in [6.45, 7) is 7.38. The van der Waals surface area contributed by atoms with E-state index in [0.29, 0.717) is 154 Å². The van der Waals surface area contributed by atoms with Crippen LogP contribution in [-0.2, 0) is 28.5 Å². The van der Waals surface area contributed by atoms with E-state index in [1.54, 1.807) is 0 Å². The smallest absolute Gasteiger partial charge is 0.222 e. The third-order valence-electron chi connectivity index (χ3n) is 6.71. The lowest BCUT2D eigenvalue weighted by atomic mass is 10.1. The maximum atomic E-state index is 13.0. The maximum absolute atomic E-state index is 13.0. The second kappa shape index (κ2) is 15.3. The average molecular weight is 533 g/mol. The van der Waals surface area contributed by atoms with Gasteiger partial charge in [0.05, 0.1) is 26.2 Å². The Hall–Kier alpha value is -3.18. The lowest BCUT2D eigenvalue weighted by molar-refractivity contribution is -0.133. The SMILES string of the molecule is O=C(CCCCC(=O)N(CCC1=NCCO1)CCC1=NCCO1)N(CCC1=NCCO1)CCC1=NCCO1. The molecule has 12 nitrogen and oxygen atoms in total. The molecular weight excluding hydrogens is 492 g/mol. The first-order chi connectivity index (χ1) is 18.7. The summed E-state index contributed by atoms with van der Waals surface area (Å²) in [5.41, 5.74) is 0. The largest absolute Gasteiger partial charge is 0.479 e. The van der Waals surface area contributed by atoms with Gasteiger partial charge >= 0.3 is 0 Å². The van der Waals surface area contributed by atoms with Crippen LogP contribution in [0.4, 0.5) is 0 Å². The Bertz CT molecular complexity index is 803. The van der Waals surface area contributed by atoms with Crippen LogP contribution >= 0.6 is 0 Å². The standard InChI is InChI=1S/C26H40N6O6/c33-25(31(13-5-21-27-9-17-35-21)14-6-22-28-10-18-36-22)3-1-2-4-26(34)32(15-7-23-29-11-19-37-23)16-8-24-30-12-20-38-24/h1-20H2. The van der Waals surface area contributed by atoms with Gasteiger partial charge in [-0.2, -0.15) is 0 Å². The molecule has 0 unspecified atom stereocenters. The summed E-state index contributed by atoms with van der Waals surface area (Å²) in [5.74, 6) is 2.99. The number of carbonyl (C=O) groups excluding carboxylic acids is 2. The molecule has 0 saturated heterocycles. The summed E-state index contributed by atoms with van der Waals surface area (Å²) in [6.07, 6.45) is 4.51. The predicted molar refractivity (Wildman–Crippen MR) is 143 cm³/mol. The molecule has 4 aliphatic heterocycles. The zero-order valence-electron chi connectivity index (χ0n) is 22.3. The van der Waals surface area contributed by atoms with Gasteiger partial charge in [-0.05, 0) is 12.8 Å². The Balaban J connectivity index is 1.20. The summed E-state index contributed by atoms with van der Waals surface area (Å²) in [4.78, 5) is 47.1. The van der Waals surface area contributed by atoms with Gasteiger partial charge in [0.25, 0.3) is 0 Å². The molecule has 38 heavy (non-hydrogen) atoms. The molecule has 2 amide bonds. The van der Waals surface area contributed by atoms with Gasteiger partial charge in [-0.25, -0.2) is 0 Å².